The molecule has 0 bridgehead atoms. The molecule has 9 nitrogen and oxygen atoms in total. The van der Waals surface area contributed by atoms with E-state index in [1.54, 1.807) is 13.2 Å². The number of anilines is 1. The number of morpholine rings is 1. The van der Waals surface area contributed by atoms with Crippen molar-refractivity contribution in [2.75, 3.05) is 38.3 Å². The zero-order valence-corrected chi connectivity index (χ0v) is 19.9. The van der Waals surface area contributed by atoms with Crippen molar-refractivity contribution in [3.8, 4) is 22.8 Å². The maximum Gasteiger partial charge on any atom is 0.292 e. The lowest BCUT2D eigenvalue weighted by Crippen LogP contribution is -2.36. The highest BCUT2D eigenvalue weighted by atomic mass is 16.5. The van der Waals surface area contributed by atoms with Gasteiger partial charge in [0.15, 0.2) is 17.2 Å². The Labute approximate surface area is 208 Å². The van der Waals surface area contributed by atoms with Gasteiger partial charge in [0.05, 0.1) is 31.7 Å². The van der Waals surface area contributed by atoms with Crippen LogP contribution in [0.4, 0.5) is 17.1 Å². The molecule has 0 unspecified atom stereocenters. The number of benzene rings is 3. The Morgan fingerprint density at radius 1 is 0.917 bits per heavy atom. The Bertz CT molecular complexity index is 1370. The summed E-state index contributed by atoms with van der Waals surface area (Å²) in [6.45, 7) is 3.60. The molecule has 0 radical (unpaired) electrons. The van der Waals surface area contributed by atoms with Crippen LogP contribution in [0.15, 0.2) is 87.8 Å². The molecule has 4 aromatic rings. The predicted molar refractivity (Wildman–Crippen MR) is 138 cm³/mol. The van der Waals surface area contributed by atoms with Crippen LogP contribution in [-0.2, 0) is 11.3 Å². The van der Waals surface area contributed by atoms with Crippen molar-refractivity contribution in [1.29, 1.82) is 0 Å². The lowest BCUT2D eigenvalue weighted by atomic mass is 10.1. The van der Waals surface area contributed by atoms with Gasteiger partial charge in [0.1, 0.15) is 6.61 Å². The van der Waals surface area contributed by atoms with E-state index in [-0.39, 0.29) is 11.2 Å². The minimum atomic E-state index is -0.359. The van der Waals surface area contributed by atoms with Gasteiger partial charge in [-0.05, 0) is 48.0 Å². The summed E-state index contributed by atoms with van der Waals surface area (Å²) < 4.78 is 16.9. The second-order valence-electron chi connectivity index (χ2n) is 8.26. The van der Waals surface area contributed by atoms with Crippen LogP contribution in [0.2, 0.25) is 0 Å². The molecule has 5 rings (SSSR count). The molecular weight excluding hydrogens is 458 g/mol. The minimum Gasteiger partial charge on any atom is -0.493 e. The molecule has 0 aliphatic carbocycles. The fraction of sp³-hybridized carbons (Fsp3) is 0.222. The topological polar surface area (TPSA) is 104 Å². The fourth-order valence-electron chi connectivity index (χ4n) is 3.99. The lowest BCUT2D eigenvalue weighted by Gasteiger charge is -2.28. The van der Waals surface area contributed by atoms with E-state index in [4.69, 9.17) is 14.2 Å². The molecular formula is C27H27N5O4. The lowest BCUT2D eigenvalue weighted by molar-refractivity contribution is 0.122. The highest BCUT2D eigenvalue weighted by molar-refractivity contribution is 5.73. The monoisotopic (exact) mass is 485 g/mol. The van der Waals surface area contributed by atoms with Crippen LogP contribution < -0.4 is 19.9 Å². The highest BCUT2D eigenvalue weighted by Gasteiger charge is 2.15. The number of hydrogen-bond donors (Lipinski definition) is 2. The number of methoxy groups -OCH3 is 1. The van der Waals surface area contributed by atoms with Gasteiger partial charge in [0, 0.05) is 24.3 Å². The Morgan fingerprint density at radius 2 is 1.69 bits per heavy atom. The van der Waals surface area contributed by atoms with Crippen molar-refractivity contribution in [1.82, 2.24) is 10.2 Å². The number of nitrogens with zero attached hydrogens (tertiary/aromatic N) is 3. The largest absolute Gasteiger partial charge is 0.493 e. The molecule has 0 saturated carbocycles. The normalized spacial score (nSPS) is 13.8. The van der Waals surface area contributed by atoms with Crippen molar-refractivity contribution < 1.29 is 14.2 Å². The summed E-state index contributed by atoms with van der Waals surface area (Å²) in [7, 11) is 1.58. The maximum atomic E-state index is 12.5. The standard InChI is InChI=1S/C27H27N5O4/c1-34-24-17-20(7-12-23(24)36-18-19-5-3-2-4-6-19)25-26(27(33)31-29-25)30-28-21-8-10-22(11-9-21)32-13-15-35-16-14-32/h2-12,17H,13-16,18H2,1H3,(H2,29,31,33). The molecule has 1 aliphatic heterocycles. The third-order valence-electron chi connectivity index (χ3n) is 5.93. The van der Waals surface area contributed by atoms with Gasteiger partial charge in [-0.25, -0.2) is 0 Å². The summed E-state index contributed by atoms with van der Waals surface area (Å²) in [5.74, 6) is 1.15. The quantitative estimate of drug-likeness (QED) is 0.334. The van der Waals surface area contributed by atoms with Crippen LogP contribution in [-0.4, -0.2) is 43.6 Å². The number of aromatic nitrogens is 2. The number of hydrogen-bond acceptors (Lipinski definition) is 7. The third-order valence-corrected chi connectivity index (χ3v) is 5.93. The molecule has 0 spiro atoms. The van der Waals surface area contributed by atoms with Crippen LogP contribution in [0.3, 0.4) is 0 Å². The average molecular weight is 486 g/mol. The van der Waals surface area contributed by atoms with Gasteiger partial charge >= 0.3 is 0 Å². The number of nitrogens with one attached hydrogen (secondary N) is 2. The summed E-state index contributed by atoms with van der Waals surface area (Å²) in [6.07, 6.45) is 0. The van der Waals surface area contributed by atoms with Gasteiger partial charge in [-0.1, -0.05) is 30.3 Å². The van der Waals surface area contributed by atoms with Crippen LogP contribution in [0.25, 0.3) is 11.3 Å². The number of rotatable bonds is 8. The van der Waals surface area contributed by atoms with E-state index in [9.17, 15) is 4.79 Å². The predicted octanol–water partition coefficient (Wildman–Crippen LogP) is 5.21. The summed E-state index contributed by atoms with van der Waals surface area (Å²) in [5, 5.41) is 14.0. The van der Waals surface area contributed by atoms with E-state index < -0.39 is 0 Å². The highest BCUT2D eigenvalue weighted by Crippen LogP contribution is 2.35. The molecule has 2 heterocycles. The van der Waals surface area contributed by atoms with E-state index in [1.165, 1.54) is 0 Å². The first-order valence-corrected chi connectivity index (χ1v) is 11.7. The number of ether oxygens (including phenoxy) is 3. The van der Waals surface area contributed by atoms with Crippen LogP contribution in [0, 0.1) is 0 Å². The van der Waals surface area contributed by atoms with Crippen LogP contribution in [0.5, 0.6) is 11.5 Å². The number of H-pyrrole nitrogens is 2. The fourth-order valence-corrected chi connectivity index (χ4v) is 3.99. The van der Waals surface area contributed by atoms with E-state index >= 15 is 0 Å². The van der Waals surface area contributed by atoms with E-state index in [0.29, 0.717) is 35.1 Å². The Kier molecular flexibility index (Phi) is 7.09. The molecule has 1 saturated heterocycles. The van der Waals surface area contributed by atoms with Crippen LogP contribution >= 0.6 is 0 Å². The van der Waals surface area contributed by atoms with Crippen molar-refractivity contribution in [2.24, 2.45) is 10.2 Å². The second-order valence-corrected chi connectivity index (χ2v) is 8.26. The number of azo groups is 1. The van der Waals surface area contributed by atoms with E-state index in [1.807, 2.05) is 66.7 Å². The molecule has 3 aromatic carbocycles. The molecule has 2 N–H and O–H groups in total. The Morgan fingerprint density at radius 3 is 2.44 bits per heavy atom. The van der Waals surface area contributed by atoms with Crippen molar-refractivity contribution in [3.05, 3.63) is 88.7 Å². The van der Waals surface area contributed by atoms with Crippen molar-refractivity contribution >= 4 is 17.1 Å². The Balaban J connectivity index is 1.33. The maximum absolute atomic E-state index is 12.5. The molecule has 36 heavy (non-hydrogen) atoms. The first-order valence-electron chi connectivity index (χ1n) is 11.7. The summed E-state index contributed by atoms with van der Waals surface area (Å²) in [5.41, 5.74) is 3.88. The molecule has 9 heteroatoms. The minimum absolute atomic E-state index is 0.187. The third kappa shape index (κ3) is 5.31. The number of aromatic amines is 2. The van der Waals surface area contributed by atoms with Crippen molar-refractivity contribution in [3.63, 3.8) is 0 Å². The second kappa shape index (κ2) is 10.9. The first kappa shape index (κ1) is 23.4. The zero-order chi connectivity index (χ0) is 24.7. The average Bonchev–Trinajstić information content (AvgIpc) is 3.32. The van der Waals surface area contributed by atoms with E-state index in [2.05, 4.69) is 25.3 Å². The summed E-state index contributed by atoms with van der Waals surface area (Å²) >= 11 is 0. The van der Waals surface area contributed by atoms with Gasteiger partial charge in [-0.2, -0.15) is 5.11 Å². The van der Waals surface area contributed by atoms with Gasteiger partial charge in [0.25, 0.3) is 5.56 Å². The zero-order valence-electron chi connectivity index (χ0n) is 19.9. The molecule has 184 valence electrons. The van der Waals surface area contributed by atoms with E-state index in [0.717, 1.165) is 37.6 Å². The molecule has 0 atom stereocenters. The van der Waals surface area contributed by atoms with Gasteiger partial charge in [-0.15, -0.1) is 5.11 Å². The van der Waals surface area contributed by atoms with Gasteiger partial charge in [0.2, 0.25) is 0 Å². The van der Waals surface area contributed by atoms with Crippen LogP contribution in [0.1, 0.15) is 5.56 Å². The van der Waals surface area contributed by atoms with Gasteiger partial charge < -0.3 is 19.1 Å². The summed E-state index contributed by atoms with van der Waals surface area (Å²) in [6, 6.07) is 23.1. The smallest absolute Gasteiger partial charge is 0.292 e. The van der Waals surface area contributed by atoms with Crippen molar-refractivity contribution in [2.45, 2.75) is 6.61 Å². The summed E-state index contributed by atoms with van der Waals surface area (Å²) in [4.78, 5) is 14.7. The first-order chi connectivity index (χ1) is 17.7. The molecule has 1 fully saturated rings. The molecule has 0 amide bonds. The molecule has 1 aromatic heterocycles. The molecule has 1 aliphatic rings. The SMILES string of the molecule is COc1cc(-c2[nH][nH]c(=O)c2N=Nc2ccc(N3CCOCC3)cc2)ccc1OCc1ccccc1. The Hall–Kier alpha value is -4.37. The van der Waals surface area contributed by atoms with Gasteiger partial charge in [-0.3, -0.25) is 15.0 Å².